The summed E-state index contributed by atoms with van der Waals surface area (Å²) in [5.41, 5.74) is 2.14. The van der Waals surface area contributed by atoms with Crippen molar-refractivity contribution in [2.45, 2.75) is 32.5 Å². The first kappa shape index (κ1) is 19.1. The number of nitrogens with one attached hydrogen (secondary N) is 2. The highest BCUT2D eigenvalue weighted by Gasteiger charge is 2.21. The zero-order valence-corrected chi connectivity index (χ0v) is 16.4. The zero-order valence-electron chi connectivity index (χ0n) is 16.4. The first-order chi connectivity index (χ1) is 14.0. The second-order valence-corrected chi connectivity index (χ2v) is 7.51. The van der Waals surface area contributed by atoms with Crippen LogP contribution in [0.3, 0.4) is 0 Å². The molecule has 1 atom stereocenters. The molecule has 150 valence electrons. The summed E-state index contributed by atoms with van der Waals surface area (Å²) >= 11 is 0. The van der Waals surface area contributed by atoms with Crippen LogP contribution in [-0.4, -0.2) is 39.5 Å². The van der Waals surface area contributed by atoms with E-state index in [0.717, 1.165) is 24.1 Å². The van der Waals surface area contributed by atoms with E-state index in [2.05, 4.69) is 40.3 Å². The van der Waals surface area contributed by atoms with E-state index < -0.39 is 11.2 Å². The number of benzene rings is 2. The summed E-state index contributed by atoms with van der Waals surface area (Å²) in [6, 6.07) is 15.4. The van der Waals surface area contributed by atoms with Crippen LogP contribution < -0.4 is 16.6 Å². The second kappa shape index (κ2) is 8.05. The fraction of sp³-hybridized carbons (Fsp3) is 0.318. The van der Waals surface area contributed by atoms with E-state index >= 15 is 0 Å². The van der Waals surface area contributed by atoms with Crippen LogP contribution in [-0.2, 0) is 24.3 Å². The molecular weight excluding hydrogens is 368 g/mol. The van der Waals surface area contributed by atoms with Crippen LogP contribution in [0.5, 0.6) is 0 Å². The van der Waals surface area contributed by atoms with Crippen molar-refractivity contribution in [3.63, 3.8) is 0 Å². The van der Waals surface area contributed by atoms with Gasteiger partial charge >= 0.3 is 5.69 Å². The third-order valence-corrected chi connectivity index (χ3v) is 5.57. The number of para-hydroxylation sites is 1. The van der Waals surface area contributed by atoms with E-state index in [1.54, 1.807) is 24.3 Å². The molecule has 0 fully saturated rings. The van der Waals surface area contributed by atoms with Gasteiger partial charge in [-0.1, -0.05) is 36.4 Å². The Hall–Kier alpha value is -3.19. The molecule has 1 aliphatic rings. The summed E-state index contributed by atoms with van der Waals surface area (Å²) in [4.78, 5) is 42.1. The molecule has 1 aliphatic heterocycles. The lowest BCUT2D eigenvalue weighted by Gasteiger charge is -2.33. The molecule has 2 aromatic carbocycles. The van der Waals surface area contributed by atoms with Gasteiger partial charge in [-0.15, -0.1) is 0 Å². The van der Waals surface area contributed by atoms with Crippen LogP contribution in [0.1, 0.15) is 18.1 Å². The fourth-order valence-electron chi connectivity index (χ4n) is 3.83. The quantitative estimate of drug-likeness (QED) is 0.684. The van der Waals surface area contributed by atoms with Gasteiger partial charge in [0.25, 0.3) is 5.56 Å². The molecule has 0 saturated carbocycles. The molecule has 1 aromatic heterocycles. The fourth-order valence-corrected chi connectivity index (χ4v) is 3.83. The molecule has 7 nitrogen and oxygen atoms in total. The maximum atomic E-state index is 12.5. The summed E-state index contributed by atoms with van der Waals surface area (Å²) in [5, 5.41) is 3.25. The van der Waals surface area contributed by atoms with Crippen LogP contribution >= 0.6 is 0 Å². The molecule has 0 radical (unpaired) electrons. The van der Waals surface area contributed by atoms with E-state index in [4.69, 9.17) is 0 Å². The lowest BCUT2D eigenvalue weighted by molar-refractivity contribution is -0.122. The number of carbonyl (C=O) groups is 1. The third kappa shape index (κ3) is 4.00. The van der Waals surface area contributed by atoms with Crippen molar-refractivity contribution in [3.8, 4) is 0 Å². The number of rotatable bonds is 5. The number of aromatic amines is 1. The summed E-state index contributed by atoms with van der Waals surface area (Å²) in [6.07, 6.45) is 0.996. The van der Waals surface area contributed by atoms with Crippen molar-refractivity contribution >= 4 is 16.8 Å². The molecular formula is C22H24N4O3. The first-order valence-corrected chi connectivity index (χ1v) is 9.82. The van der Waals surface area contributed by atoms with Crippen molar-refractivity contribution in [2.75, 3.05) is 13.1 Å². The lowest BCUT2D eigenvalue weighted by Crippen LogP contribution is -2.46. The topological polar surface area (TPSA) is 87.2 Å². The summed E-state index contributed by atoms with van der Waals surface area (Å²) in [7, 11) is 0. The largest absolute Gasteiger partial charge is 0.353 e. The standard InChI is InChI=1S/C22H24N4O3/c1-15(25-11-10-16-6-2-3-7-17(16)13-25)12-23-20(27)14-26-21(28)18-8-4-5-9-19(18)24-22(26)29/h2-9,15H,10-14H2,1H3,(H,23,27)(H,24,29)/t15-/m1/s1. The van der Waals surface area contributed by atoms with Crippen LogP contribution in [0.2, 0.25) is 0 Å². The van der Waals surface area contributed by atoms with Crippen molar-refractivity contribution in [1.82, 2.24) is 19.8 Å². The predicted molar refractivity (Wildman–Crippen MR) is 112 cm³/mol. The summed E-state index contributed by atoms with van der Waals surface area (Å²) < 4.78 is 0.944. The Kier molecular flexibility index (Phi) is 5.31. The molecule has 0 saturated heterocycles. The molecule has 7 heteroatoms. The van der Waals surface area contributed by atoms with E-state index in [0.29, 0.717) is 17.4 Å². The smallest absolute Gasteiger partial charge is 0.329 e. The minimum atomic E-state index is -0.579. The molecule has 0 unspecified atom stereocenters. The van der Waals surface area contributed by atoms with Gasteiger partial charge in [0, 0.05) is 25.7 Å². The molecule has 2 N–H and O–H groups in total. The highest BCUT2D eigenvalue weighted by molar-refractivity contribution is 5.78. The number of fused-ring (bicyclic) bond motifs is 2. The van der Waals surface area contributed by atoms with E-state index in [1.807, 2.05) is 6.07 Å². The molecule has 4 rings (SSSR count). The Morgan fingerprint density at radius 1 is 1.10 bits per heavy atom. The molecule has 0 aliphatic carbocycles. The summed E-state index contributed by atoms with van der Waals surface area (Å²) in [6.45, 7) is 4.04. The molecule has 2 heterocycles. The number of aromatic nitrogens is 2. The Balaban J connectivity index is 1.39. The number of carbonyl (C=O) groups excluding carboxylic acids is 1. The number of hydrogen-bond acceptors (Lipinski definition) is 4. The van der Waals surface area contributed by atoms with Crippen molar-refractivity contribution < 1.29 is 4.79 Å². The van der Waals surface area contributed by atoms with Gasteiger partial charge in [-0.3, -0.25) is 19.1 Å². The Labute approximate surface area is 168 Å². The number of hydrogen-bond donors (Lipinski definition) is 2. The molecule has 1 amide bonds. The highest BCUT2D eigenvalue weighted by Crippen LogP contribution is 2.19. The normalized spacial score (nSPS) is 15.1. The monoisotopic (exact) mass is 392 g/mol. The van der Waals surface area contributed by atoms with E-state index in [1.165, 1.54) is 11.1 Å². The van der Waals surface area contributed by atoms with E-state index in [9.17, 15) is 14.4 Å². The van der Waals surface area contributed by atoms with Gasteiger partial charge in [0.15, 0.2) is 0 Å². The van der Waals surface area contributed by atoms with Gasteiger partial charge in [0.05, 0.1) is 10.9 Å². The van der Waals surface area contributed by atoms with Crippen LogP contribution in [0.15, 0.2) is 58.1 Å². The maximum absolute atomic E-state index is 12.5. The summed E-state index contributed by atoms with van der Waals surface area (Å²) in [5.74, 6) is -0.350. The predicted octanol–water partition coefficient (Wildman–Crippen LogP) is 1.25. The Bertz CT molecular complexity index is 1160. The Morgan fingerprint density at radius 2 is 1.83 bits per heavy atom. The van der Waals surface area contributed by atoms with Gasteiger partial charge in [0.1, 0.15) is 6.54 Å². The molecule has 0 bridgehead atoms. The van der Waals surface area contributed by atoms with Gasteiger partial charge in [-0.2, -0.15) is 0 Å². The third-order valence-electron chi connectivity index (χ3n) is 5.57. The minimum Gasteiger partial charge on any atom is -0.353 e. The van der Waals surface area contributed by atoms with E-state index in [-0.39, 0.29) is 18.5 Å². The Morgan fingerprint density at radius 3 is 2.66 bits per heavy atom. The minimum absolute atomic E-state index is 0.152. The van der Waals surface area contributed by atoms with Gasteiger partial charge in [-0.25, -0.2) is 4.79 Å². The number of H-pyrrole nitrogens is 1. The van der Waals surface area contributed by atoms with Gasteiger partial charge < -0.3 is 10.3 Å². The molecule has 3 aromatic rings. The SMILES string of the molecule is C[C@H](CNC(=O)Cn1c(=O)[nH]c2ccccc2c1=O)N1CCc2ccccc2C1. The first-order valence-electron chi connectivity index (χ1n) is 9.82. The number of amides is 1. The van der Waals surface area contributed by atoms with Crippen molar-refractivity contribution in [3.05, 3.63) is 80.5 Å². The van der Waals surface area contributed by atoms with Crippen LogP contribution in [0, 0.1) is 0 Å². The van der Waals surface area contributed by atoms with Crippen LogP contribution in [0.4, 0.5) is 0 Å². The van der Waals surface area contributed by atoms with Crippen LogP contribution in [0.25, 0.3) is 10.9 Å². The average molecular weight is 392 g/mol. The zero-order chi connectivity index (χ0) is 20.4. The number of nitrogens with zero attached hydrogens (tertiary/aromatic N) is 2. The maximum Gasteiger partial charge on any atom is 0.329 e. The molecule has 29 heavy (non-hydrogen) atoms. The van der Waals surface area contributed by atoms with Gasteiger partial charge in [0.2, 0.25) is 5.91 Å². The second-order valence-electron chi connectivity index (χ2n) is 7.51. The molecule has 0 spiro atoms. The average Bonchev–Trinajstić information content (AvgIpc) is 2.74. The van der Waals surface area contributed by atoms with Gasteiger partial charge in [-0.05, 0) is 36.6 Å². The van der Waals surface area contributed by atoms with Crippen molar-refractivity contribution in [2.24, 2.45) is 0 Å². The lowest BCUT2D eigenvalue weighted by atomic mass is 9.99. The van der Waals surface area contributed by atoms with Crippen molar-refractivity contribution in [1.29, 1.82) is 0 Å². The highest BCUT2D eigenvalue weighted by atomic mass is 16.2.